The minimum Gasteiger partial charge on any atom is -0.327 e. The van der Waals surface area contributed by atoms with Gasteiger partial charge in [0.2, 0.25) is 0 Å². The van der Waals surface area contributed by atoms with E-state index in [1.165, 1.54) is 0 Å². The van der Waals surface area contributed by atoms with E-state index in [4.69, 9.17) is 5.73 Å². The Kier molecular flexibility index (Phi) is 2.23. The van der Waals surface area contributed by atoms with Crippen molar-refractivity contribution in [3.8, 4) is 0 Å². The van der Waals surface area contributed by atoms with Gasteiger partial charge < -0.3 is 10.6 Å². The molecule has 2 aliphatic heterocycles. The molecule has 0 amide bonds. The van der Waals surface area contributed by atoms with Crippen LogP contribution in [0, 0.1) is 11.8 Å². The lowest BCUT2D eigenvalue weighted by Gasteiger charge is -2.43. The van der Waals surface area contributed by atoms with Gasteiger partial charge in [-0.1, -0.05) is 0 Å². The topological polar surface area (TPSA) is 46.3 Å². The summed E-state index contributed by atoms with van der Waals surface area (Å²) < 4.78 is 11.4. The summed E-state index contributed by atoms with van der Waals surface area (Å²) in [6, 6.07) is 0.305. The highest BCUT2D eigenvalue weighted by atomic mass is 32.2. The molecule has 0 aliphatic carbocycles. The normalized spacial score (nSPS) is 49.2. The Labute approximate surface area is 75.8 Å². The van der Waals surface area contributed by atoms with E-state index in [-0.39, 0.29) is 0 Å². The average Bonchev–Trinajstić information content (AvgIpc) is 1.94. The van der Waals surface area contributed by atoms with Crippen LogP contribution in [0.25, 0.3) is 0 Å². The number of hydrogen-bond acceptors (Lipinski definition) is 3. The quantitative estimate of drug-likeness (QED) is 0.544. The first kappa shape index (κ1) is 8.66. The molecule has 4 heteroatoms. The van der Waals surface area contributed by atoms with Crippen LogP contribution in [-0.4, -0.2) is 46.8 Å². The predicted molar refractivity (Wildman–Crippen MR) is 50.3 cm³/mol. The van der Waals surface area contributed by atoms with Gasteiger partial charge in [-0.05, 0) is 18.9 Å². The Bertz CT molecular complexity index is 191. The fourth-order valence-corrected chi connectivity index (χ4v) is 4.12. The predicted octanol–water partition coefficient (Wildman–Crippen LogP) is -0.746. The summed E-state index contributed by atoms with van der Waals surface area (Å²) in [6.45, 7) is 2.06. The molecule has 2 unspecified atom stereocenters. The van der Waals surface area contributed by atoms with E-state index in [0.717, 1.165) is 24.6 Å². The number of nitrogens with zero attached hydrogens (tertiary/aromatic N) is 1. The van der Waals surface area contributed by atoms with Crippen molar-refractivity contribution in [1.82, 2.24) is 4.90 Å². The molecule has 12 heavy (non-hydrogen) atoms. The highest BCUT2D eigenvalue weighted by Gasteiger charge is 2.38. The van der Waals surface area contributed by atoms with Crippen molar-refractivity contribution < 1.29 is 4.21 Å². The molecule has 0 aromatic rings. The average molecular weight is 188 g/mol. The Balaban J connectivity index is 2.13. The van der Waals surface area contributed by atoms with Crippen LogP contribution < -0.4 is 5.73 Å². The fourth-order valence-electron chi connectivity index (χ4n) is 2.38. The highest BCUT2D eigenvalue weighted by Crippen LogP contribution is 2.26. The first-order valence-corrected chi connectivity index (χ1v) is 5.94. The van der Waals surface area contributed by atoms with Crippen molar-refractivity contribution in [2.24, 2.45) is 17.6 Å². The van der Waals surface area contributed by atoms with Gasteiger partial charge in [0.25, 0.3) is 0 Å². The van der Waals surface area contributed by atoms with Crippen LogP contribution in [0.3, 0.4) is 0 Å². The highest BCUT2D eigenvalue weighted by molar-refractivity contribution is 7.85. The second-order valence-electron chi connectivity index (χ2n) is 4.09. The lowest BCUT2D eigenvalue weighted by atomic mass is 9.86. The van der Waals surface area contributed by atoms with Gasteiger partial charge in [0, 0.05) is 41.4 Å². The standard InChI is InChI=1S/C8H16N2OS/c1-10-2-6-4-12(11)5-7(3-10)8(6)9/h6-8H,2-5,9H2,1H3. The van der Waals surface area contributed by atoms with E-state index in [9.17, 15) is 4.21 Å². The molecule has 2 N–H and O–H groups in total. The van der Waals surface area contributed by atoms with E-state index in [1.807, 2.05) is 0 Å². The zero-order valence-corrected chi connectivity index (χ0v) is 8.22. The summed E-state index contributed by atoms with van der Waals surface area (Å²) in [5, 5.41) is 0. The lowest BCUT2D eigenvalue weighted by Crippen LogP contribution is -2.58. The van der Waals surface area contributed by atoms with Crippen molar-refractivity contribution in [2.75, 3.05) is 31.6 Å². The largest absolute Gasteiger partial charge is 0.327 e. The van der Waals surface area contributed by atoms with E-state index < -0.39 is 10.8 Å². The minimum atomic E-state index is -0.591. The maximum Gasteiger partial charge on any atom is 0.0290 e. The number of piperidine rings is 1. The third kappa shape index (κ3) is 1.43. The summed E-state index contributed by atoms with van der Waals surface area (Å²) in [7, 11) is 1.53. The number of fused-ring (bicyclic) bond motifs is 2. The van der Waals surface area contributed by atoms with Crippen molar-refractivity contribution in [3.05, 3.63) is 0 Å². The molecule has 0 aromatic carbocycles. The molecule has 70 valence electrons. The molecule has 2 atom stereocenters. The number of rotatable bonds is 0. The Hall–Kier alpha value is 0.0700. The molecule has 2 heterocycles. The zero-order chi connectivity index (χ0) is 8.72. The van der Waals surface area contributed by atoms with Gasteiger partial charge in [0.15, 0.2) is 0 Å². The maximum atomic E-state index is 11.4. The number of nitrogens with two attached hydrogens (primary N) is 1. The lowest BCUT2D eigenvalue weighted by molar-refractivity contribution is 0.141. The summed E-state index contributed by atoms with van der Waals surface area (Å²) in [6.07, 6.45) is 0. The van der Waals surface area contributed by atoms with E-state index in [1.54, 1.807) is 0 Å². The Morgan fingerprint density at radius 3 is 2.33 bits per heavy atom. The minimum absolute atomic E-state index is 0.305. The van der Waals surface area contributed by atoms with Crippen molar-refractivity contribution >= 4 is 10.8 Å². The molecule has 3 nitrogen and oxygen atoms in total. The van der Waals surface area contributed by atoms with Crippen LogP contribution in [0.4, 0.5) is 0 Å². The zero-order valence-electron chi connectivity index (χ0n) is 7.40. The molecular formula is C8H16N2OS. The molecule has 2 aliphatic rings. The van der Waals surface area contributed by atoms with Gasteiger partial charge in [-0.3, -0.25) is 4.21 Å². The molecule has 2 rings (SSSR count). The van der Waals surface area contributed by atoms with Crippen LogP contribution in [-0.2, 0) is 10.8 Å². The second-order valence-corrected chi connectivity index (χ2v) is 5.64. The third-order valence-electron chi connectivity index (χ3n) is 2.98. The van der Waals surface area contributed by atoms with Gasteiger partial charge >= 0.3 is 0 Å². The molecular weight excluding hydrogens is 172 g/mol. The van der Waals surface area contributed by atoms with Crippen LogP contribution in [0.1, 0.15) is 0 Å². The SMILES string of the molecule is CN1CC2CS(=O)CC(C1)C2N. The number of likely N-dealkylation sites (tertiary alicyclic amines) is 1. The first-order chi connectivity index (χ1) is 5.66. The third-order valence-corrected chi connectivity index (χ3v) is 4.58. The van der Waals surface area contributed by atoms with Crippen molar-refractivity contribution in [3.63, 3.8) is 0 Å². The van der Waals surface area contributed by atoms with E-state index in [0.29, 0.717) is 17.9 Å². The van der Waals surface area contributed by atoms with Gasteiger partial charge in [-0.15, -0.1) is 0 Å². The number of hydrogen-bond donors (Lipinski definition) is 1. The van der Waals surface area contributed by atoms with Gasteiger partial charge in [0.05, 0.1) is 0 Å². The molecule has 0 saturated carbocycles. The summed E-state index contributed by atoms with van der Waals surface area (Å²) in [5.41, 5.74) is 6.05. The molecule has 0 spiro atoms. The van der Waals surface area contributed by atoms with Crippen molar-refractivity contribution in [2.45, 2.75) is 6.04 Å². The van der Waals surface area contributed by atoms with Gasteiger partial charge in [-0.25, -0.2) is 0 Å². The maximum absolute atomic E-state index is 11.4. The Morgan fingerprint density at radius 2 is 1.83 bits per heavy atom. The summed E-state index contributed by atoms with van der Waals surface area (Å²) >= 11 is 0. The van der Waals surface area contributed by atoms with Crippen LogP contribution in [0.2, 0.25) is 0 Å². The van der Waals surface area contributed by atoms with Gasteiger partial charge in [-0.2, -0.15) is 0 Å². The van der Waals surface area contributed by atoms with E-state index in [2.05, 4.69) is 11.9 Å². The molecule has 2 fully saturated rings. The Morgan fingerprint density at radius 1 is 1.33 bits per heavy atom. The molecule has 0 aromatic heterocycles. The molecule has 2 bridgehead atoms. The van der Waals surface area contributed by atoms with Crippen LogP contribution in [0.15, 0.2) is 0 Å². The second kappa shape index (κ2) is 3.09. The summed E-state index contributed by atoms with van der Waals surface area (Å²) in [4.78, 5) is 2.31. The van der Waals surface area contributed by atoms with Gasteiger partial charge in [0.1, 0.15) is 0 Å². The monoisotopic (exact) mass is 188 g/mol. The van der Waals surface area contributed by atoms with Crippen LogP contribution >= 0.6 is 0 Å². The first-order valence-electron chi connectivity index (χ1n) is 4.46. The van der Waals surface area contributed by atoms with E-state index >= 15 is 0 Å². The van der Waals surface area contributed by atoms with Crippen LogP contribution in [0.5, 0.6) is 0 Å². The van der Waals surface area contributed by atoms with Crippen molar-refractivity contribution in [1.29, 1.82) is 0 Å². The fraction of sp³-hybridized carbons (Fsp3) is 1.00. The molecule has 0 radical (unpaired) electrons. The molecule has 2 saturated heterocycles. The summed E-state index contributed by atoms with van der Waals surface area (Å²) in [5.74, 6) is 2.59. The smallest absolute Gasteiger partial charge is 0.0290 e.